The van der Waals surface area contributed by atoms with Gasteiger partial charge in [0.05, 0.1) is 0 Å². The topological polar surface area (TPSA) is 29.1 Å². The van der Waals surface area contributed by atoms with Crippen LogP contribution in [0.2, 0.25) is 0 Å². The van der Waals surface area contributed by atoms with Gasteiger partial charge in [0.25, 0.3) is 0 Å². The highest BCUT2D eigenvalue weighted by Gasteiger charge is 2.25. The molecule has 11 heavy (non-hydrogen) atoms. The lowest BCUT2D eigenvalue weighted by atomic mass is 10.2. The Bertz CT molecular complexity index is 113. The van der Waals surface area contributed by atoms with E-state index in [1.165, 1.54) is 6.41 Å². The van der Waals surface area contributed by atoms with Crippen LogP contribution in [-0.4, -0.2) is 19.1 Å². The standard InChI is InChI=1S/C6H9F3NO/c7-6(8,9)3-1-2-4-10-5-11/h1-4H2,(H,10,11). The van der Waals surface area contributed by atoms with Crippen LogP contribution in [0.5, 0.6) is 0 Å². The van der Waals surface area contributed by atoms with Crippen molar-refractivity contribution in [3.05, 3.63) is 0 Å². The van der Waals surface area contributed by atoms with Gasteiger partial charge in [-0.25, -0.2) is 0 Å². The first-order valence-corrected chi connectivity index (χ1v) is 3.23. The number of nitrogens with one attached hydrogen (secondary N) is 1. The van der Waals surface area contributed by atoms with Crippen LogP contribution in [-0.2, 0) is 4.79 Å². The summed E-state index contributed by atoms with van der Waals surface area (Å²) in [5, 5.41) is 2.16. The highest BCUT2D eigenvalue weighted by Crippen LogP contribution is 2.21. The van der Waals surface area contributed by atoms with Crippen molar-refractivity contribution in [2.24, 2.45) is 0 Å². The molecule has 0 saturated carbocycles. The van der Waals surface area contributed by atoms with Crippen molar-refractivity contribution in [1.29, 1.82) is 0 Å². The van der Waals surface area contributed by atoms with E-state index >= 15 is 0 Å². The summed E-state index contributed by atoms with van der Waals surface area (Å²) in [7, 11) is 0. The molecule has 0 aliphatic rings. The lowest BCUT2D eigenvalue weighted by molar-refractivity contribution is -0.135. The Hall–Kier alpha value is -0.740. The first-order valence-electron chi connectivity index (χ1n) is 3.23. The van der Waals surface area contributed by atoms with Gasteiger partial charge >= 0.3 is 12.6 Å². The average Bonchev–Trinajstić information content (AvgIpc) is 1.85. The Labute approximate surface area is 62.8 Å². The number of carbonyl (C=O) groups excluding carboxylic acids is 1. The molecule has 0 saturated heterocycles. The molecule has 1 N–H and O–H groups in total. The van der Waals surface area contributed by atoms with Gasteiger partial charge in [0.15, 0.2) is 0 Å². The highest BCUT2D eigenvalue weighted by atomic mass is 19.4. The number of rotatable bonds is 5. The second kappa shape index (κ2) is 4.98. The summed E-state index contributed by atoms with van der Waals surface area (Å²) in [6, 6.07) is 0. The van der Waals surface area contributed by atoms with Crippen LogP contribution in [0.3, 0.4) is 0 Å². The quantitative estimate of drug-likeness (QED) is 0.487. The molecule has 0 aliphatic carbocycles. The molecule has 0 unspecified atom stereocenters. The summed E-state index contributed by atoms with van der Waals surface area (Å²) < 4.78 is 34.4. The van der Waals surface area contributed by atoms with Crippen molar-refractivity contribution in [3.63, 3.8) is 0 Å². The van der Waals surface area contributed by atoms with E-state index in [4.69, 9.17) is 0 Å². The number of halogens is 3. The van der Waals surface area contributed by atoms with E-state index in [1.54, 1.807) is 0 Å². The maximum Gasteiger partial charge on any atom is 0.389 e. The van der Waals surface area contributed by atoms with Gasteiger partial charge in [-0.2, -0.15) is 13.2 Å². The van der Waals surface area contributed by atoms with E-state index < -0.39 is 12.6 Å². The van der Waals surface area contributed by atoms with Crippen LogP contribution in [0.1, 0.15) is 19.3 Å². The lowest BCUT2D eigenvalue weighted by Gasteiger charge is -2.04. The van der Waals surface area contributed by atoms with Crippen LogP contribution in [0.4, 0.5) is 13.2 Å². The van der Waals surface area contributed by atoms with E-state index in [0.717, 1.165) is 0 Å². The molecule has 0 rings (SSSR count). The third kappa shape index (κ3) is 9.26. The van der Waals surface area contributed by atoms with E-state index in [1.807, 2.05) is 0 Å². The molecule has 0 heterocycles. The van der Waals surface area contributed by atoms with Gasteiger partial charge in [-0.05, 0) is 12.8 Å². The summed E-state index contributed by atoms with van der Waals surface area (Å²) in [5.74, 6) is 0. The monoisotopic (exact) mass is 168 g/mol. The summed E-state index contributed by atoms with van der Waals surface area (Å²) in [4.78, 5) is 9.51. The van der Waals surface area contributed by atoms with Crippen LogP contribution >= 0.6 is 0 Å². The van der Waals surface area contributed by atoms with Gasteiger partial charge in [-0.15, -0.1) is 0 Å². The Morgan fingerprint density at radius 1 is 1.27 bits per heavy atom. The number of amides is 1. The second-order valence-corrected chi connectivity index (χ2v) is 2.10. The fraction of sp³-hybridized carbons (Fsp3) is 0.833. The number of alkyl halides is 3. The minimum atomic E-state index is -4.08. The summed E-state index contributed by atoms with van der Waals surface area (Å²) >= 11 is 0. The first-order chi connectivity index (χ1) is 5.06. The van der Waals surface area contributed by atoms with Crippen molar-refractivity contribution in [3.8, 4) is 0 Å². The summed E-state index contributed by atoms with van der Waals surface area (Å²) in [6.45, 7) is 0.263. The largest absolute Gasteiger partial charge is 0.389 e. The first kappa shape index (κ1) is 10.3. The van der Waals surface area contributed by atoms with Crippen LogP contribution < -0.4 is 5.32 Å². The normalized spacial score (nSPS) is 11.2. The molecular formula is C6H9F3NO. The van der Waals surface area contributed by atoms with Crippen molar-refractivity contribution >= 4 is 6.41 Å². The second-order valence-electron chi connectivity index (χ2n) is 2.10. The third-order valence-electron chi connectivity index (χ3n) is 1.08. The predicted molar refractivity (Wildman–Crippen MR) is 33.6 cm³/mol. The van der Waals surface area contributed by atoms with Gasteiger partial charge in [0.2, 0.25) is 0 Å². The Morgan fingerprint density at radius 2 is 1.91 bits per heavy atom. The number of hydrogen-bond donors (Lipinski definition) is 1. The minimum Gasteiger partial charge on any atom is -0.348 e. The number of hydrogen-bond acceptors (Lipinski definition) is 1. The molecule has 0 aromatic carbocycles. The van der Waals surface area contributed by atoms with Gasteiger partial charge in [0.1, 0.15) is 0 Å². The maximum atomic E-state index is 11.5. The highest BCUT2D eigenvalue weighted by molar-refractivity contribution is 5.46. The minimum absolute atomic E-state index is 0.0537. The van der Waals surface area contributed by atoms with Crippen LogP contribution in [0.25, 0.3) is 0 Å². The molecular weight excluding hydrogens is 159 g/mol. The lowest BCUT2D eigenvalue weighted by Crippen LogP contribution is -2.13. The third-order valence-corrected chi connectivity index (χ3v) is 1.08. The van der Waals surface area contributed by atoms with Gasteiger partial charge in [-0.1, -0.05) is 0 Å². The molecule has 0 bridgehead atoms. The molecule has 0 aromatic heterocycles. The van der Waals surface area contributed by atoms with Gasteiger partial charge in [0, 0.05) is 13.0 Å². The predicted octanol–water partition coefficient (Wildman–Crippen LogP) is 1.38. The zero-order chi connectivity index (χ0) is 8.74. The van der Waals surface area contributed by atoms with Crippen molar-refractivity contribution < 1.29 is 18.0 Å². The van der Waals surface area contributed by atoms with Crippen LogP contribution in [0, 0.1) is 0 Å². The molecule has 0 atom stereocenters. The van der Waals surface area contributed by atoms with Crippen molar-refractivity contribution in [1.82, 2.24) is 5.32 Å². The van der Waals surface area contributed by atoms with Crippen molar-refractivity contribution in [2.75, 3.05) is 6.54 Å². The average molecular weight is 168 g/mol. The molecule has 0 spiro atoms. The number of unbranched alkanes of at least 4 members (excludes halogenated alkanes) is 1. The fourth-order valence-electron chi connectivity index (χ4n) is 0.590. The molecule has 0 aromatic rings. The molecule has 5 heteroatoms. The Morgan fingerprint density at radius 3 is 2.36 bits per heavy atom. The molecule has 1 radical (unpaired) electrons. The molecule has 2 nitrogen and oxygen atoms in total. The Balaban J connectivity index is 3.08. The zero-order valence-corrected chi connectivity index (χ0v) is 5.87. The Kier molecular flexibility index (Phi) is 4.65. The molecule has 65 valence electrons. The molecule has 0 aliphatic heterocycles. The molecule has 1 amide bonds. The van der Waals surface area contributed by atoms with E-state index in [2.05, 4.69) is 5.32 Å². The van der Waals surface area contributed by atoms with Gasteiger partial charge in [-0.3, -0.25) is 4.79 Å². The summed E-state index contributed by atoms with van der Waals surface area (Å²) in [6.07, 6.45) is -3.08. The van der Waals surface area contributed by atoms with Crippen LogP contribution in [0.15, 0.2) is 0 Å². The van der Waals surface area contributed by atoms with E-state index in [0.29, 0.717) is 6.42 Å². The van der Waals surface area contributed by atoms with E-state index in [-0.39, 0.29) is 13.0 Å². The summed E-state index contributed by atoms with van der Waals surface area (Å²) in [5.41, 5.74) is 0. The SMILES string of the molecule is O=[C]NCCCCC(F)(F)F. The molecule has 0 fully saturated rings. The fourth-order valence-corrected chi connectivity index (χ4v) is 0.590. The zero-order valence-electron chi connectivity index (χ0n) is 5.87. The van der Waals surface area contributed by atoms with Crippen molar-refractivity contribution in [2.45, 2.75) is 25.4 Å². The van der Waals surface area contributed by atoms with Gasteiger partial charge < -0.3 is 5.32 Å². The van der Waals surface area contributed by atoms with E-state index in [9.17, 15) is 18.0 Å². The smallest absolute Gasteiger partial charge is 0.348 e. The maximum absolute atomic E-state index is 11.5.